The van der Waals surface area contributed by atoms with Crippen molar-refractivity contribution < 1.29 is 23.9 Å². The number of ether oxygens (including phenoxy) is 2. The molecule has 0 N–H and O–H groups in total. The average molecular weight is 272 g/mol. The lowest BCUT2D eigenvalue weighted by Crippen LogP contribution is -2.51. The van der Waals surface area contributed by atoms with E-state index >= 15 is 0 Å². The summed E-state index contributed by atoms with van der Waals surface area (Å²) in [6, 6.07) is 0. The highest BCUT2D eigenvalue weighted by molar-refractivity contribution is 5.94. The molecule has 1 fully saturated rings. The SMILES string of the molecule is CCOC(=O)CC(=O)N1CCN(C(=O)OCC)CC1. The maximum Gasteiger partial charge on any atom is 0.409 e. The van der Waals surface area contributed by atoms with Gasteiger partial charge in [0.15, 0.2) is 0 Å². The molecule has 0 aromatic rings. The Kier molecular flexibility index (Phi) is 6.11. The van der Waals surface area contributed by atoms with Crippen molar-refractivity contribution in [3.8, 4) is 0 Å². The molecule has 7 nitrogen and oxygen atoms in total. The number of amides is 2. The largest absolute Gasteiger partial charge is 0.466 e. The quantitative estimate of drug-likeness (QED) is 0.541. The number of hydrogen-bond donors (Lipinski definition) is 0. The highest BCUT2D eigenvalue weighted by atomic mass is 16.6. The van der Waals surface area contributed by atoms with Gasteiger partial charge in [0.05, 0.1) is 13.2 Å². The lowest BCUT2D eigenvalue weighted by molar-refractivity contribution is -0.149. The number of rotatable bonds is 4. The molecule has 0 aromatic carbocycles. The summed E-state index contributed by atoms with van der Waals surface area (Å²) in [4.78, 5) is 37.6. The van der Waals surface area contributed by atoms with Crippen LogP contribution in [0.2, 0.25) is 0 Å². The Balaban J connectivity index is 2.35. The normalized spacial score (nSPS) is 15.1. The fraction of sp³-hybridized carbons (Fsp3) is 0.750. The predicted molar refractivity (Wildman–Crippen MR) is 66.4 cm³/mol. The zero-order chi connectivity index (χ0) is 14.3. The summed E-state index contributed by atoms with van der Waals surface area (Å²) in [5, 5.41) is 0. The van der Waals surface area contributed by atoms with Crippen molar-refractivity contribution in [1.29, 1.82) is 0 Å². The number of hydrogen-bond acceptors (Lipinski definition) is 5. The van der Waals surface area contributed by atoms with E-state index in [-0.39, 0.29) is 25.0 Å². The van der Waals surface area contributed by atoms with E-state index in [1.807, 2.05) is 0 Å². The van der Waals surface area contributed by atoms with Crippen LogP contribution in [0.5, 0.6) is 0 Å². The third-order valence-electron chi connectivity index (χ3n) is 2.76. The number of piperazine rings is 1. The second kappa shape index (κ2) is 7.60. The molecule has 1 rings (SSSR count). The van der Waals surface area contributed by atoms with E-state index in [0.29, 0.717) is 32.8 Å². The molecule has 0 aliphatic carbocycles. The molecule has 0 atom stereocenters. The number of carbonyl (C=O) groups excluding carboxylic acids is 3. The van der Waals surface area contributed by atoms with Gasteiger partial charge in [0.2, 0.25) is 5.91 Å². The summed E-state index contributed by atoms with van der Waals surface area (Å²) in [6.45, 7) is 5.72. The van der Waals surface area contributed by atoms with Gasteiger partial charge < -0.3 is 19.3 Å². The van der Waals surface area contributed by atoms with E-state index in [2.05, 4.69) is 0 Å². The number of carbonyl (C=O) groups is 3. The van der Waals surface area contributed by atoms with Crippen LogP contribution in [0.3, 0.4) is 0 Å². The van der Waals surface area contributed by atoms with Crippen molar-refractivity contribution in [3.63, 3.8) is 0 Å². The summed E-state index contributed by atoms with van der Waals surface area (Å²) in [5.74, 6) is -0.776. The molecule has 0 unspecified atom stereocenters. The first-order valence-corrected chi connectivity index (χ1v) is 6.43. The predicted octanol–water partition coefficient (Wildman–Crippen LogP) is 0.240. The monoisotopic (exact) mass is 272 g/mol. The Bertz CT molecular complexity index is 337. The lowest BCUT2D eigenvalue weighted by atomic mass is 10.3. The van der Waals surface area contributed by atoms with Crippen LogP contribution in [0.15, 0.2) is 0 Å². The Labute approximate surface area is 112 Å². The van der Waals surface area contributed by atoms with Gasteiger partial charge in [-0.1, -0.05) is 0 Å². The molecule has 1 saturated heterocycles. The summed E-state index contributed by atoms with van der Waals surface area (Å²) in [5.41, 5.74) is 0. The average Bonchev–Trinajstić information content (AvgIpc) is 2.39. The lowest BCUT2D eigenvalue weighted by Gasteiger charge is -2.33. The molecule has 1 heterocycles. The Morgan fingerprint density at radius 2 is 1.42 bits per heavy atom. The summed E-state index contributed by atoms with van der Waals surface area (Å²) < 4.78 is 9.61. The van der Waals surface area contributed by atoms with Gasteiger partial charge in [-0.25, -0.2) is 4.79 Å². The van der Waals surface area contributed by atoms with Crippen LogP contribution in [0.1, 0.15) is 20.3 Å². The molecule has 0 spiro atoms. The molecule has 1 aliphatic rings. The smallest absolute Gasteiger partial charge is 0.409 e. The molecule has 108 valence electrons. The van der Waals surface area contributed by atoms with Crippen LogP contribution in [0, 0.1) is 0 Å². The summed E-state index contributed by atoms with van der Waals surface area (Å²) in [6.07, 6.45) is -0.604. The van der Waals surface area contributed by atoms with Crippen LogP contribution in [0.25, 0.3) is 0 Å². The van der Waals surface area contributed by atoms with E-state index in [1.54, 1.807) is 23.6 Å². The first kappa shape index (κ1) is 15.3. The van der Waals surface area contributed by atoms with Gasteiger partial charge >= 0.3 is 12.1 Å². The van der Waals surface area contributed by atoms with Gasteiger partial charge in [0.1, 0.15) is 6.42 Å². The molecule has 0 bridgehead atoms. The fourth-order valence-electron chi connectivity index (χ4n) is 1.80. The minimum Gasteiger partial charge on any atom is -0.466 e. The molecular formula is C12H20N2O5. The minimum atomic E-state index is -0.514. The first-order chi connectivity index (χ1) is 9.08. The molecule has 1 aliphatic heterocycles. The first-order valence-electron chi connectivity index (χ1n) is 6.43. The second-order valence-electron chi connectivity index (χ2n) is 4.05. The molecule has 0 saturated carbocycles. The Morgan fingerprint density at radius 1 is 0.895 bits per heavy atom. The maximum atomic E-state index is 11.8. The van der Waals surface area contributed by atoms with Crippen molar-refractivity contribution in [2.24, 2.45) is 0 Å². The van der Waals surface area contributed by atoms with E-state index in [4.69, 9.17) is 9.47 Å². The molecule has 0 radical (unpaired) electrons. The Morgan fingerprint density at radius 3 is 1.95 bits per heavy atom. The highest BCUT2D eigenvalue weighted by Gasteiger charge is 2.25. The van der Waals surface area contributed by atoms with Gasteiger partial charge in [0.25, 0.3) is 0 Å². The third-order valence-corrected chi connectivity index (χ3v) is 2.76. The molecule has 0 aromatic heterocycles. The Hall–Kier alpha value is -1.79. The summed E-state index contributed by atoms with van der Waals surface area (Å²) >= 11 is 0. The molecule has 2 amide bonds. The topological polar surface area (TPSA) is 76.2 Å². The highest BCUT2D eigenvalue weighted by Crippen LogP contribution is 2.06. The number of nitrogens with zero attached hydrogens (tertiary/aromatic N) is 2. The van der Waals surface area contributed by atoms with Gasteiger partial charge in [-0.05, 0) is 13.8 Å². The van der Waals surface area contributed by atoms with E-state index < -0.39 is 5.97 Å². The number of esters is 1. The maximum absolute atomic E-state index is 11.8. The zero-order valence-electron chi connectivity index (χ0n) is 11.4. The van der Waals surface area contributed by atoms with Crippen molar-refractivity contribution in [3.05, 3.63) is 0 Å². The van der Waals surface area contributed by atoms with Crippen LogP contribution in [-0.4, -0.2) is 67.2 Å². The van der Waals surface area contributed by atoms with Crippen LogP contribution in [-0.2, 0) is 19.1 Å². The standard InChI is InChI=1S/C12H20N2O5/c1-3-18-11(16)9-10(15)13-5-7-14(8-6-13)12(17)19-4-2/h3-9H2,1-2H3. The van der Waals surface area contributed by atoms with Crippen molar-refractivity contribution in [2.75, 3.05) is 39.4 Å². The molecule has 19 heavy (non-hydrogen) atoms. The third kappa shape index (κ3) is 4.76. The zero-order valence-corrected chi connectivity index (χ0v) is 11.4. The second-order valence-corrected chi connectivity index (χ2v) is 4.05. The van der Waals surface area contributed by atoms with Gasteiger partial charge in [-0.2, -0.15) is 0 Å². The van der Waals surface area contributed by atoms with Crippen LogP contribution < -0.4 is 0 Å². The van der Waals surface area contributed by atoms with Crippen molar-refractivity contribution in [2.45, 2.75) is 20.3 Å². The van der Waals surface area contributed by atoms with Crippen LogP contribution >= 0.6 is 0 Å². The van der Waals surface area contributed by atoms with Gasteiger partial charge in [0, 0.05) is 26.2 Å². The summed E-state index contributed by atoms with van der Waals surface area (Å²) in [7, 11) is 0. The van der Waals surface area contributed by atoms with Gasteiger partial charge in [-0.15, -0.1) is 0 Å². The van der Waals surface area contributed by atoms with E-state index in [1.165, 1.54) is 0 Å². The van der Waals surface area contributed by atoms with Gasteiger partial charge in [-0.3, -0.25) is 9.59 Å². The molecular weight excluding hydrogens is 252 g/mol. The fourth-order valence-corrected chi connectivity index (χ4v) is 1.80. The van der Waals surface area contributed by atoms with Crippen molar-refractivity contribution >= 4 is 18.0 Å². The van der Waals surface area contributed by atoms with Crippen molar-refractivity contribution in [1.82, 2.24) is 9.80 Å². The van der Waals surface area contributed by atoms with Crippen LogP contribution in [0.4, 0.5) is 4.79 Å². The minimum absolute atomic E-state index is 0.243. The van der Waals surface area contributed by atoms with E-state index in [9.17, 15) is 14.4 Å². The molecule has 7 heteroatoms. The van der Waals surface area contributed by atoms with E-state index in [0.717, 1.165) is 0 Å².